The topological polar surface area (TPSA) is 34.1 Å². The Bertz CT molecular complexity index is 292. The van der Waals surface area contributed by atoms with Gasteiger partial charge in [-0.15, -0.1) is 0 Å². The second-order valence-corrected chi connectivity index (χ2v) is 4.39. The monoisotopic (exact) mass is 198 g/mol. The Labute approximate surface area is 82.1 Å². The highest BCUT2D eigenvalue weighted by molar-refractivity contribution is 7.11. The van der Waals surface area contributed by atoms with E-state index in [0.29, 0.717) is 0 Å². The zero-order valence-electron chi connectivity index (χ0n) is 7.96. The molecule has 0 aromatic carbocycles. The molecule has 0 bridgehead atoms. The number of hydrogen-bond acceptors (Lipinski definition) is 4. The number of ether oxygens (including phenoxy) is 1. The van der Waals surface area contributed by atoms with Crippen LogP contribution in [0.2, 0.25) is 0 Å². The van der Waals surface area contributed by atoms with Crippen molar-refractivity contribution >= 4 is 11.3 Å². The molecule has 1 unspecified atom stereocenters. The fourth-order valence-corrected chi connectivity index (χ4v) is 2.49. The van der Waals surface area contributed by atoms with Crippen molar-refractivity contribution in [2.75, 3.05) is 13.7 Å². The third-order valence-electron chi connectivity index (χ3n) is 2.59. The standard InChI is InChI=1S/C9H14N2OS/c1-9(4-3-5-10-9)7-6-13-8(11-7)12-2/h6,10H,3-5H2,1-2H3. The third kappa shape index (κ3) is 1.56. The molecule has 0 amide bonds. The molecule has 72 valence electrons. The largest absolute Gasteiger partial charge is 0.473 e. The second-order valence-electron chi connectivity index (χ2n) is 3.57. The van der Waals surface area contributed by atoms with Gasteiger partial charge < -0.3 is 10.1 Å². The zero-order valence-corrected chi connectivity index (χ0v) is 8.78. The van der Waals surface area contributed by atoms with Gasteiger partial charge in [0.15, 0.2) is 0 Å². The van der Waals surface area contributed by atoms with E-state index >= 15 is 0 Å². The van der Waals surface area contributed by atoms with E-state index in [-0.39, 0.29) is 5.54 Å². The highest BCUT2D eigenvalue weighted by Gasteiger charge is 2.32. The first-order valence-electron chi connectivity index (χ1n) is 4.50. The average Bonchev–Trinajstić information content (AvgIpc) is 2.72. The third-order valence-corrected chi connectivity index (χ3v) is 3.39. The lowest BCUT2D eigenvalue weighted by Gasteiger charge is -2.21. The van der Waals surface area contributed by atoms with Gasteiger partial charge in [-0.2, -0.15) is 0 Å². The molecule has 1 N–H and O–H groups in total. The molecule has 1 aromatic heterocycles. The molecule has 0 radical (unpaired) electrons. The summed E-state index contributed by atoms with van der Waals surface area (Å²) in [6.07, 6.45) is 2.40. The summed E-state index contributed by atoms with van der Waals surface area (Å²) >= 11 is 1.56. The van der Waals surface area contributed by atoms with Gasteiger partial charge in [0.1, 0.15) is 0 Å². The van der Waals surface area contributed by atoms with Crippen LogP contribution in [0.4, 0.5) is 0 Å². The molecule has 0 saturated carbocycles. The van der Waals surface area contributed by atoms with Gasteiger partial charge in [-0.1, -0.05) is 11.3 Å². The van der Waals surface area contributed by atoms with Crippen LogP contribution >= 0.6 is 11.3 Å². The SMILES string of the molecule is COc1nc(C2(C)CCCN2)cs1. The van der Waals surface area contributed by atoms with E-state index in [0.717, 1.165) is 17.4 Å². The Morgan fingerprint density at radius 3 is 3.08 bits per heavy atom. The minimum absolute atomic E-state index is 0.0767. The normalized spacial score (nSPS) is 27.8. The van der Waals surface area contributed by atoms with Crippen LogP contribution in [0.3, 0.4) is 0 Å². The lowest BCUT2D eigenvalue weighted by atomic mass is 9.97. The van der Waals surface area contributed by atoms with Crippen molar-refractivity contribution in [1.82, 2.24) is 10.3 Å². The van der Waals surface area contributed by atoms with E-state index in [1.807, 2.05) is 0 Å². The van der Waals surface area contributed by atoms with Crippen molar-refractivity contribution in [2.45, 2.75) is 25.3 Å². The van der Waals surface area contributed by atoms with Crippen molar-refractivity contribution in [2.24, 2.45) is 0 Å². The van der Waals surface area contributed by atoms with Crippen LogP contribution < -0.4 is 10.1 Å². The lowest BCUT2D eigenvalue weighted by molar-refractivity contribution is 0.391. The number of nitrogens with zero attached hydrogens (tertiary/aromatic N) is 1. The van der Waals surface area contributed by atoms with Crippen molar-refractivity contribution in [1.29, 1.82) is 0 Å². The van der Waals surface area contributed by atoms with Crippen molar-refractivity contribution < 1.29 is 4.74 Å². The molecule has 2 rings (SSSR count). The number of nitrogens with one attached hydrogen (secondary N) is 1. The molecule has 3 nitrogen and oxygen atoms in total. The van der Waals surface area contributed by atoms with Crippen LogP contribution in [0.5, 0.6) is 5.19 Å². The molecule has 2 heterocycles. The quantitative estimate of drug-likeness (QED) is 0.786. The molecular weight excluding hydrogens is 184 g/mol. The fourth-order valence-electron chi connectivity index (χ4n) is 1.72. The van der Waals surface area contributed by atoms with E-state index in [2.05, 4.69) is 22.6 Å². The average molecular weight is 198 g/mol. The van der Waals surface area contributed by atoms with E-state index in [4.69, 9.17) is 4.74 Å². The van der Waals surface area contributed by atoms with Gasteiger partial charge in [0.25, 0.3) is 5.19 Å². The van der Waals surface area contributed by atoms with Crippen LogP contribution in [0.25, 0.3) is 0 Å². The van der Waals surface area contributed by atoms with Crippen molar-refractivity contribution in [3.05, 3.63) is 11.1 Å². The van der Waals surface area contributed by atoms with Crippen LogP contribution in [-0.2, 0) is 5.54 Å². The lowest BCUT2D eigenvalue weighted by Crippen LogP contribution is -2.33. The summed E-state index contributed by atoms with van der Waals surface area (Å²) in [6.45, 7) is 3.30. The van der Waals surface area contributed by atoms with Gasteiger partial charge >= 0.3 is 0 Å². The number of aromatic nitrogens is 1. The maximum absolute atomic E-state index is 5.08. The Morgan fingerprint density at radius 2 is 2.54 bits per heavy atom. The minimum atomic E-state index is 0.0767. The fraction of sp³-hybridized carbons (Fsp3) is 0.667. The van der Waals surface area contributed by atoms with Crippen molar-refractivity contribution in [3.8, 4) is 5.19 Å². The van der Waals surface area contributed by atoms with Crippen molar-refractivity contribution in [3.63, 3.8) is 0 Å². The number of thiazole rings is 1. The minimum Gasteiger partial charge on any atom is -0.473 e. The van der Waals surface area contributed by atoms with E-state index in [1.54, 1.807) is 18.4 Å². The predicted octanol–water partition coefficient (Wildman–Crippen LogP) is 1.75. The summed E-state index contributed by atoms with van der Waals surface area (Å²) < 4.78 is 5.08. The molecule has 0 aliphatic carbocycles. The van der Waals surface area contributed by atoms with E-state index in [1.165, 1.54) is 12.8 Å². The van der Waals surface area contributed by atoms with Gasteiger partial charge in [-0.3, -0.25) is 0 Å². The number of methoxy groups -OCH3 is 1. The molecule has 1 aromatic rings. The molecule has 1 saturated heterocycles. The zero-order chi connectivity index (χ0) is 9.31. The summed E-state index contributed by atoms with van der Waals surface area (Å²) in [6, 6.07) is 0. The molecule has 1 atom stereocenters. The van der Waals surface area contributed by atoms with E-state index in [9.17, 15) is 0 Å². The number of rotatable bonds is 2. The smallest absolute Gasteiger partial charge is 0.273 e. The summed E-state index contributed by atoms with van der Waals surface area (Å²) in [7, 11) is 1.66. The first-order valence-corrected chi connectivity index (χ1v) is 5.37. The molecule has 1 aliphatic heterocycles. The highest BCUT2D eigenvalue weighted by Crippen LogP contribution is 2.32. The Balaban J connectivity index is 2.23. The predicted molar refractivity (Wildman–Crippen MR) is 53.3 cm³/mol. The van der Waals surface area contributed by atoms with Gasteiger partial charge in [-0.25, -0.2) is 4.98 Å². The van der Waals surface area contributed by atoms with Gasteiger partial charge in [-0.05, 0) is 26.3 Å². The summed E-state index contributed by atoms with van der Waals surface area (Å²) in [5.74, 6) is 0. The first-order chi connectivity index (χ1) is 6.24. The maximum atomic E-state index is 5.08. The molecular formula is C9H14N2OS. The highest BCUT2D eigenvalue weighted by atomic mass is 32.1. The first kappa shape index (κ1) is 8.97. The van der Waals surface area contributed by atoms with Crippen LogP contribution in [0, 0.1) is 0 Å². The molecule has 1 fully saturated rings. The molecule has 0 spiro atoms. The summed E-state index contributed by atoms with van der Waals surface area (Å²) in [5, 5.41) is 6.31. The van der Waals surface area contributed by atoms with Gasteiger partial charge in [0, 0.05) is 5.38 Å². The summed E-state index contributed by atoms with van der Waals surface area (Å²) in [5.41, 5.74) is 1.19. The molecule has 1 aliphatic rings. The Hall–Kier alpha value is -0.610. The maximum Gasteiger partial charge on any atom is 0.273 e. The van der Waals surface area contributed by atoms with Gasteiger partial charge in [0.05, 0.1) is 18.3 Å². The Morgan fingerprint density at radius 1 is 1.69 bits per heavy atom. The molecule has 4 heteroatoms. The van der Waals surface area contributed by atoms with E-state index < -0.39 is 0 Å². The van der Waals surface area contributed by atoms with Crippen LogP contribution in [-0.4, -0.2) is 18.6 Å². The van der Waals surface area contributed by atoms with Gasteiger partial charge in [0.2, 0.25) is 0 Å². The second kappa shape index (κ2) is 3.27. The number of hydrogen-bond donors (Lipinski definition) is 1. The summed E-state index contributed by atoms with van der Waals surface area (Å²) in [4.78, 5) is 4.42. The van der Waals surface area contributed by atoms with Crippen LogP contribution in [0.15, 0.2) is 5.38 Å². The molecule has 13 heavy (non-hydrogen) atoms. The Kier molecular flexibility index (Phi) is 2.26. The van der Waals surface area contributed by atoms with Crippen LogP contribution in [0.1, 0.15) is 25.5 Å².